The molecule has 1 aliphatic heterocycles. The highest BCUT2D eigenvalue weighted by molar-refractivity contribution is 5.14. The Morgan fingerprint density at radius 2 is 1.71 bits per heavy atom. The van der Waals surface area contributed by atoms with Crippen LogP contribution in [0.15, 0.2) is 30.3 Å². The van der Waals surface area contributed by atoms with Crippen molar-refractivity contribution in [2.24, 2.45) is 0 Å². The van der Waals surface area contributed by atoms with Crippen LogP contribution < -0.4 is 0 Å². The molecule has 1 saturated carbocycles. The van der Waals surface area contributed by atoms with Gasteiger partial charge >= 0.3 is 0 Å². The number of nitrogens with zero attached hydrogens (tertiary/aromatic N) is 1. The second-order valence-corrected chi connectivity index (χ2v) is 5.43. The summed E-state index contributed by atoms with van der Waals surface area (Å²) >= 11 is 0. The number of terminal acetylenes is 1. The van der Waals surface area contributed by atoms with Gasteiger partial charge in [-0.1, -0.05) is 57.0 Å². The fourth-order valence-corrected chi connectivity index (χ4v) is 3.22. The highest BCUT2D eigenvalue weighted by Crippen LogP contribution is 2.36. The van der Waals surface area contributed by atoms with E-state index < -0.39 is 0 Å². The van der Waals surface area contributed by atoms with Gasteiger partial charge in [0.05, 0.1) is 12.2 Å². The zero-order chi connectivity index (χ0) is 15.6. The first kappa shape index (κ1) is 17.8. The van der Waals surface area contributed by atoms with E-state index in [9.17, 15) is 0 Å². The lowest BCUT2D eigenvalue weighted by molar-refractivity contribution is -0.107. The van der Waals surface area contributed by atoms with E-state index in [-0.39, 0.29) is 5.60 Å². The number of ether oxygens (including phenoxy) is 1. The van der Waals surface area contributed by atoms with Crippen molar-refractivity contribution in [3.63, 3.8) is 0 Å². The Balaban J connectivity index is 0.000000510. The van der Waals surface area contributed by atoms with Gasteiger partial charge < -0.3 is 4.74 Å². The molecule has 2 heteroatoms. The van der Waals surface area contributed by atoms with E-state index in [2.05, 4.69) is 48.1 Å². The summed E-state index contributed by atoms with van der Waals surface area (Å²) in [5.74, 6) is 0. The van der Waals surface area contributed by atoms with Crippen LogP contribution in [0.25, 0.3) is 0 Å². The first-order valence-electron chi connectivity index (χ1n) is 8.10. The summed E-state index contributed by atoms with van der Waals surface area (Å²) in [7, 11) is 0. The molecule has 1 aromatic rings. The van der Waals surface area contributed by atoms with Gasteiger partial charge in [0.2, 0.25) is 0 Å². The van der Waals surface area contributed by atoms with Crippen molar-refractivity contribution in [3.8, 4) is 12.8 Å². The molecule has 0 bridgehead atoms. The second-order valence-electron chi connectivity index (χ2n) is 5.43. The van der Waals surface area contributed by atoms with Crippen molar-refractivity contribution < 1.29 is 4.74 Å². The molecule has 2 aliphatic rings. The summed E-state index contributed by atoms with van der Waals surface area (Å²) in [6, 6.07) is 10.8. The van der Waals surface area contributed by atoms with Gasteiger partial charge in [0.1, 0.15) is 0 Å². The smallest absolute Gasteiger partial charge is 0.0809 e. The topological polar surface area (TPSA) is 12.5 Å². The molecule has 0 unspecified atom stereocenters. The molecule has 116 valence electrons. The molecule has 21 heavy (non-hydrogen) atoms. The van der Waals surface area contributed by atoms with Gasteiger partial charge in [0, 0.05) is 19.6 Å². The van der Waals surface area contributed by atoms with Gasteiger partial charge in [-0.05, 0) is 18.4 Å². The standard InChI is InChI=1S/C15H21NO.C2H6.C2H2/c1-2-6-14(7-3-1)12-16-10-11-17-15(13-16)8-4-5-9-15;2*1-2/h1-3,6-7H,4-5,8-13H2;1-2H3;1-2H. The van der Waals surface area contributed by atoms with Crippen LogP contribution >= 0.6 is 0 Å². The quantitative estimate of drug-likeness (QED) is 0.759. The largest absolute Gasteiger partial charge is 0.372 e. The second kappa shape index (κ2) is 9.60. The summed E-state index contributed by atoms with van der Waals surface area (Å²) in [6.07, 6.45) is 13.2. The zero-order valence-corrected chi connectivity index (χ0v) is 13.6. The summed E-state index contributed by atoms with van der Waals surface area (Å²) in [6.45, 7) is 8.19. The van der Waals surface area contributed by atoms with Crippen LogP contribution in [-0.2, 0) is 11.3 Å². The van der Waals surface area contributed by atoms with Crippen molar-refractivity contribution in [1.82, 2.24) is 4.90 Å². The van der Waals surface area contributed by atoms with Crippen LogP contribution in [0.2, 0.25) is 0 Å². The van der Waals surface area contributed by atoms with E-state index in [0.29, 0.717) is 0 Å². The van der Waals surface area contributed by atoms with Gasteiger partial charge in [0.15, 0.2) is 0 Å². The molecule has 0 N–H and O–H groups in total. The molecule has 0 aromatic heterocycles. The maximum atomic E-state index is 6.05. The maximum Gasteiger partial charge on any atom is 0.0809 e. The zero-order valence-electron chi connectivity index (χ0n) is 13.6. The SMILES string of the molecule is C#C.CC.c1ccc(CN2CCOC3(CCCC3)C2)cc1. The Bertz CT molecular complexity index is 393. The Labute approximate surface area is 130 Å². The molecule has 2 fully saturated rings. The number of benzene rings is 1. The Morgan fingerprint density at radius 3 is 2.33 bits per heavy atom. The van der Waals surface area contributed by atoms with Crippen molar-refractivity contribution in [2.75, 3.05) is 19.7 Å². The van der Waals surface area contributed by atoms with E-state index >= 15 is 0 Å². The third-order valence-electron chi connectivity index (χ3n) is 4.09. The Kier molecular flexibility index (Phi) is 8.12. The highest BCUT2D eigenvalue weighted by atomic mass is 16.5. The molecule has 2 nitrogen and oxygen atoms in total. The van der Waals surface area contributed by atoms with Crippen molar-refractivity contribution in [3.05, 3.63) is 35.9 Å². The number of hydrogen-bond donors (Lipinski definition) is 0. The molecular formula is C19H29NO. The summed E-state index contributed by atoms with van der Waals surface area (Å²) < 4.78 is 6.05. The molecule has 1 heterocycles. The van der Waals surface area contributed by atoms with E-state index in [1.54, 1.807) is 0 Å². The predicted molar refractivity (Wildman–Crippen MR) is 90.1 cm³/mol. The molecular weight excluding hydrogens is 258 g/mol. The molecule has 0 radical (unpaired) electrons. The van der Waals surface area contributed by atoms with Gasteiger partial charge in [0.25, 0.3) is 0 Å². The number of rotatable bonds is 2. The fourth-order valence-electron chi connectivity index (χ4n) is 3.22. The van der Waals surface area contributed by atoms with Gasteiger partial charge in [-0.15, -0.1) is 12.8 Å². The molecule has 1 aromatic carbocycles. The highest BCUT2D eigenvalue weighted by Gasteiger charge is 2.38. The Morgan fingerprint density at radius 1 is 1.10 bits per heavy atom. The predicted octanol–water partition coefficient (Wildman–Crippen LogP) is 4.11. The van der Waals surface area contributed by atoms with E-state index in [4.69, 9.17) is 4.74 Å². The van der Waals surface area contributed by atoms with Crippen molar-refractivity contribution in [2.45, 2.75) is 51.7 Å². The van der Waals surface area contributed by atoms with Gasteiger partial charge in [-0.2, -0.15) is 0 Å². The molecule has 1 aliphatic carbocycles. The monoisotopic (exact) mass is 287 g/mol. The lowest BCUT2D eigenvalue weighted by Gasteiger charge is -2.40. The van der Waals surface area contributed by atoms with Crippen LogP contribution in [0.5, 0.6) is 0 Å². The molecule has 3 rings (SSSR count). The average Bonchev–Trinajstić information content (AvgIpc) is 3.00. The minimum absolute atomic E-state index is 0.201. The third kappa shape index (κ3) is 5.19. The normalized spacial score (nSPS) is 20.0. The van der Waals surface area contributed by atoms with Crippen LogP contribution in [-0.4, -0.2) is 30.2 Å². The Hall–Kier alpha value is -1.30. The fraction of sp³-hybridized carbons (Fsp3) is 0.579. The van der Waals surface area contributed by atoms with Crippen LogP contribution in [0.4, 0.5) is 0 Å². The number of morpholine rings is 1. The molecule has 1 spiro atoms. The third-order valence-corrected chi connectivity index (χ3v) is 4.09. The summed E-state index contributed by atoms with van der Waals surface area (Å²) in [5, 5.41) is 0. The lowest BCUT2D eigenvalue weighted by atomic mass is 9.99. The molecule has 0 atom stereocenters. The summed E-state index contributed by atoms with van der Waals surface area (Å²) in [4.78, 5) is 2.56. The van der Waals surface area contributed by atoms with E-state index in [1.165, 1.54) is 31.2 Å². The van der Waals surface area contributed by atoms with Crippen molar-refractivity contribution >= 4 is 0 Å². The van der Waals surface area contributed by atoms with Crippen LogP contribution in [0.3, 0.4) is 0 Å². The maximum absolute atomic E-state index is 6.05. The molecule has 0 amide bonds. The first-order chi connectivity index (χ1) is 10.4. The first-order valence-corrected chi connectivity index (χ1v) is 8.10. The minimum atomic E-state index is 0.201. The lowest BCUT2D eigenvalue weighted by Crippen LogP contribution is -2.49. The number of hydrogen-bond acceptors (Lipinski definition) is 2. The average molecular weight is 287 g/mol. The van der Waals surface area contributed by atoms with Crippen LogP contribution in [0, 0.1) is 12.8 Å². The van der Waals surface area contributed by atoms with Crippen molar-refractivity contribution in [1.29, 1.82) is 0 Å². The minimum Gasteiger partial charge on any atom is -0.372 e. The van der Waals surface area contributed by atoms with Gasteiger partial charge in [-0.25, -0.2) is 0 Å². The van der Waals surface area contributed by atoms with E-state index in [1.807, 2.05) is 13.8 Å². The van der Waals surface area contributed by atoms with Crippen LogP contribution in [0.1, 0.15) is 45.1 Å². The van der Waals surface area contributed by atoms with E-state index in [0.717, 1.165) is 26.2 Å². The summed E-state index contributed by atoms with van der Waals surface area (Å²) in [5.41, 5.74) is 1.62. The van der Waals surface area contributed by atoms with Gasteiger partial charge in [-0.3, -0.25) is 4.90 Å². The molecule has 1 saturated heterocycles.